The summed E-state index contributed by atoms with van der Waals surface area (Å²) in [5, 5.41) is 15.2. The number of amides is 1. The van der Waals surface area contributed by atoms with Crippen LogP contribution >= 0.6 is 0 Å². The van der Waals surface area contributed by atoms with Crippen LogP contribution in [-0.4, -0.2) is 28.0 Å². The fraction of sp³-hybridized carbons (Fsp3) is 0.259. The second kappa shape index (κ2) is 11.2. The lowest BCUT2D eigenvalue weighted by atomic mass is 9.90. The molecule has 1 amide bonds. The van der Waals surface area contributed by atoms with Gasteiger partial charge in [0.25, 0.3) is 5.91 Å². The smallest absolute Gasteiger partial charge is 0.261 e. The first-order valence-corrected chi connectivity index (χ1v) is 11.6. The molecule has 0 unspecified atom stereocenters. The minimum absolute atomic E-state index is 0.0315. The Kier molecular flexibility index (Phi) is 7.58. The highest BCUT2D eigenvalue weighted by atomic mass is 16.5. The Morgan fingerprint density at radius 2 is 1.74 bits per heavy atom. The Labute approximate surface area is 204 Å². The largest absolute Gasteiger partial charge is 0.489 e. The Morgan fingerprint density at radius 1 is 1.06 bits per heavy atom. The van der Waals surface area contributed by atoms with Gasteiger partial charge in [0.05, 0.1) is 5.56 Å². The number of nitriles is 1. The van der Waals surface area contributed by atoms with Crippen LogP contribution in [0.1, 0.15) is 31.2 Å². The van der Waals surface area contributed by atoms with Crippen molar-refractivity contribution < 1.29 is 9.53 Å². The van der Waals surface area contributed by atoms with E-state index in [9.17, 15) is 4.79 Å². The number of anilines is 2. The van der Waals surface area contributed by atoms with Crippen molar-refractivity contribution in [1.82, 2.24) is 15.3 Å². The van der Waals surface area contributed by atoms with Crippen LogP contribution in [0.4, 0.5) is 11.6 Å². The van der Waals surface area contributed by atoms with Crippen LogP contribution in [0.3, 0.4) is 0 Å². The number of carbonyl (C=O) groups excluding carboxylic acids is 1. The van der Waals surface area contributed by atoms with Gasteiger partial charge in [-0.3, -0.25) is 4.79 Å². The van der Waals surface area contributed by atoms with Gasteiger partial charge in [0.2, 0.25) is 0 Å². The van der Waals surface area contributed by atoms with Gasteiger partial charge in [0.15, 0.2) is 0 Å². The fourth-order valence-electron chi connectivity index (χ4n) is 4.15. The molecule has 1 saturated carbocycles. The molecule has 0 saturated heterocycles. The summed E-state index contributed by atoms with van der Waals surface area (Å²) in [6.45, 7) is 3.96. The number of nitrogen functional groups attached to an aromatic ring is 1. The van der Waals surface area contributed by atoms with Crippen molar-refractivity contribution >= 4 is 17.5 Å². The van der Waals surface area contributed by atoms with Gasteiger partial charge in [-0.1, -0.05) is 49.0 Å². The van der Waals surface area contributed by atoms with Crippen molar-refractivity contribution in [3.63, 3.8) is 0 Å². The summed E-state index contributed by atoms with van der Waals surface area (Å²) in [7, 11) is 0. The van der Waals surface area contributed by atoms with Crippen molar-refractivity contribution in [3.05, 3.63) is 78.6 Å². The number of rotatable bonds is 8. The lowest BCUT2D eigenvalue weighted by molar-refractivity contribution is -0.118. The minimum atomic E-state index is -0.397. The molecule has 8 nitrogen and oxygen atoms in total. The number of aromatic nitrogens is 2. The number of nitrogens with two attached hydrogens (primary N) is 1. The van der Waals surface area contributed by atoms with E-state index in [0.29, 0.717) is 18.2 Å². The summed E-state index contributed by atoms with van der Waals surface area (Å²) in [4.78, 5) is 20.6. The molecule has 0 spiro atoms. The molecule has 1 aliphatic carbocycles. The summed E-state index contributed by atoms with van der Waals surface area (Å²) in [6, 6.07) is 19.7. The van der Waals surface area contributed by atoms with Crippen molar-refractivity contribution in [2.24, 2.45) is 0 Å². The van der Waals surface area contributed by atoms with Crippen molar-refractivity contribution in [2.75, 3.05) is 11.1 Å². The zero-order chi connectivity index (χ0) is 24.6. The lowest BCUT2D eigenvalue weighted by Gasteiger charge is -2.30. The first kappa shape index (κ1) is 23.8. The number of hydrogen-bond acceptors (Lipinski definition) is 7. The van der Waals surface area contributed by atoms with Gasteiger partial charge in [-0.2, -0.15) is 5.26 Å². The van der Waals surface area contributed by atoms with Crippen molar-refractivity contribution in [1.29, 1.82) is 5.26 Å². The Hall–Kier alpha value is -4.38. The highest BCUT2D eigenvalue weighted by molar-refractivity contribution is 5.96. The van der Waals surface area contributed by atoms with Gasteiger partial charge in [-0.25, -0.2) is 9.97 Å². The van der Waals surface area contributed by atoms with Gasteiger partial charge >= 0.3 is 0 Å². The normalized spacial score (nSPS) is 17.1. The number of nitrogens with one attached hydrogen (secondary N) is 2. The van der Waals surface area contributed by atoms with Gasteiger partial charge in [0, 0.05) is 12.1 Å². The second-order valence-electron chi connectivity index (χ2n) is 8.54. The number of ether oxygens (including phenoxy) is 1. The molecule has 2 aromatic carbocycles. The molecule has 1 fully saturated rings. The number of benzene rings is 2. The Bertz CT molecular complexity index is 1210. The first-order chi connectivity index (χ1) is 17.0. The van der Waals surface area contributed by atoms with Crippen LogP contribution in [-0.2, 0) is 11.4 Å². The highest BCUT2D eigenvalue weighted by Crippen LogP contribution is 2.33. The maximum atomic E-state index is 11.9. The lowest BCUT2D eigenvalue weighted by Crippen LogP contribution is -2.40. The quantitative estimate of drug-likeness (QED) is 0.334. The van der Waals surface area contributed by atoms with E-state index in [1.54, 1.807) is 6.07 Å². The van der Waals surface area contributed by atoms with E-state index in [1.807, 2.05) is 54.6 Å². The fourth-order valence-corrected chi connectivity index (χ4v) is 4.15. The molecule has 1 heterocycles. The molecular formula is C27H28N6O2. The van der Waals surface area contributed by atoms with Gasteiger partial charge in [0.1, 0.15) is 42.0 Å². The summed E-state index contributed by atoms with van der Waals surface area (Å²) < 4.78 is 5.89. The van der Waals surface area contributed by atoms with Crippen LogP contribution in [0.5, 0.6) is 5.75 Å². The van der Waals surface area contributed by atoms with E-state index in [-0.39, 0.29) is 17.7 Å². The predicted molar refractivity (Wildman–Crippen MR) is 135 cm³/mol. The van der Waals surface area contributed by atoms with E-state index < -0.39 is 5.91 Å². The molecule has 0 atom stereocenters. The summed E-state index contributed by atoms with van der Waals surface area (Å²) in [6.07, 6.45) is 4.74. The maximum Gasteiger partial charge on any atom is 0.261 e. The first-order valence-electron chi connectivity index (χ1n) is 11.6. The third-order valence-electron chi connectivity index (χ3n) is 6.08. The molecule has 0 aliphatic heterocycles. The standard InChI is InChI=1S/C27H28N6O2/c1-18(15-28)27(34)33-22-11-9-21(10-12-22)32-26-24(25(29)30-17-31-26)20-7-13-23(14-8-20)35-16-19-5-3-2-4-6-19/h2-8,13-14,17,21-22H,1,9-12,16H2,(H,33,34)(H3,29,30,31,32)/t21-,22+. The molecule has 1 aliphatic rings. The number of carbonyl (C=O) groups is 1. The molecule has 35 heavy (non-hydrogen) atoms. The molecule has 1 aromatic heterocycles. The average Bonchev–Trinajstić information content (AvgIpc) is 2.89. The summed E-state index contributed by atoms with van der Waals surface area (Å²) >= 11 is 0. The maximum absolute atomic E-state index is 11.9. The van der Waals surface area contributed by atoms with E-state index in [4.69, 9.17) is 15.7 Å². The van der Waals surface area contributed by atoms with E-state index in [2.05, 4.69) is 27.2 Å². The second-order valence-corrected chi connectivity index (χ2v) is 8.54. The molecule has 4 N–H and O–H groups in total. The zero-order valence-corrected chi connectivity index (χ0v) is 19.4. The average molecular weight is 469 g/mol. The van der Waals surface area contributed by atoms with E-state index in [1.165, 1.54) is 6.33 Å². The summed E-state index contributed by atoms with van der Waals surface area (Å²) in [5.74, 6) is 1.45. The topological polar surface area (TPSA) is 126 Å². The van der Waals surface area contributed by atoms with Crippen LogP contribution < -0.4 is 21.1 Å². The third-order valence-corrected chi connectivity index (χ3v) is 6.08. The SMILES string of the molecule is C=C(C#N)C(=O)N[C@H]1CC[C@@H](Nc2ncnc(N)c2-c2ccc(OCc3ccccc3)cc2)CC1. The zero-order valence-electron chi connectivity index (χ0n) is 19.4. The molecule has 0 bridgehead atoms. The van der Waals surface area contributed by atoms with Crippen LogP contribution in [0, 0.1) is 11.3 Å². The minimum Gasteiger partial charge on any atom is -0.489 e. The number of nitrogens with zero attached hydrogens (tertiary/aromatic N) is 3. The van der Waals surface area contributed by atoms with Gasteiger partial charge in [-0.15, -0.1) is 0 Å². The van der Waals surface area contributed by atoms with Crippen LogP contribution in [0.25, 0.3) is 11.1 Å². The Morgan fingerprint density at radius 3 is 2.43 bits per heavy atom. The molecule has 4 rings (SSSR count). The molecule has 8 heteroatoms. The van der Waals surface area contributed by atoms with Crippen molar-refractivity contribution in [3.8, 4) is 22.9 Å². The molecule has 0 radical (unpaired) electrons. The van der Waals surface area contributed by atoms with Gasteiger partial charge < -0.3 is 21.1 Å². The molecular weight excluding hydrogens is 440 g/mol. The van der Waals surface area contributed by atoms with E-state index >= 15 is 0 Å². The van der Waals surface area contributed by atoms with Crippen molar-refractivity contribution in [2.45, 2.75) is 44.4 Å². The van der Waals surface area contributed by atoms with E-state index in [0.717, 1.165) is 48.1 Å². The monoisotopic (exact) mass is 468 g/mol. The predicted octanol–water partition coefficient (Wildman–Crippen LogP) is 4.22. The van der Waals surface area contributed by atoms with Gasteiger partial charge in [-0.05, 0) is 48.9 Å². The Balaban J connectivity index is 1.39. The molecule has 178 valence electrons. The van der Waals surface area contributed by atoms with Crippen LogP contribution in [0.15, 0.2) is 73.1 Å². The number of hydrogen-bond donors (Lipinski definition) is 3. The van der Waals surface area contributed by atoms with Crippen LogP contribution in [0.2, 0.25) is 0 Å². The third kappa shape index (κ3) is 6.15. The molecule has 3 aromatic rings. The summed E-state index contributed by atoms with van der Waals surface area (Å²) in [5.41, 5.74) is 8.93. The highest BCUT2D eigenvalue weighted by Gasteiger charge is 2.24.